The third-order valence-corrected chi connectivity index (χ3v) is 4.63. The summed E-state index contributed by atoms with van der Waals surface area (Å²) in [5.41, 5.74) is 3.36. The highest BCUT2D eigenvalue weighted by molar-refractivity contribution is 5.94. The zero-order valence-electron chi connectivity index (χ0n) is 17.0. The molecule has 7 heteroatoms. The number of hydrogen-bond acceptors (Lipinski definition) is 5. The van der Waals surface area contributed by atoms with E-state index in [9.17, 15) is 9.18 Å². The van der Waals surface area contributed by atoms with Gasteiger partial charge in [-0.3, -0.25) is 4.79 Å². The van der Waals surface area contributed by atoms with Crippen LogP contribution in [0.1, 0.15) is 12.5 Å². The van der Waals surface area contributed by atoms with Crippen molar-refractivity contribution in [3.05, 3.63) is 84.2 Å². The van der Waals surface area contributed by atoms with E-state index in [4.69, 9.17) is 9.26 Å². The van der Waals surface area contributed by atoms with E-state index in [0.717, 1.165) is 16.7 Å². The fourth-order valence-electron chi connectivity index (χ4n) is 2.87. The molecular formula is C24H20FN3O3. The maximum atomic E-state index is 13.0. The topological polar surface area (TPSA) is 77.2 Å². The monoisotopic (exact) mass is 417 g/mol. The van der Waals surface area contributed by atoms with Gasteiger partial charge in [0.05, 0.1) is 0 Å². The van der Waals surface area contributed by atoms with Crippen molar-refractivity contribution in [1.29, 1.82) is 0 Å². The number of nitrogens with one attached hydrogen (secondary N) is 1. The molecule has 1 atom stereocenters. The summed E-state index contributed by atoms with van der Waals surface area (Å²) in [6, 6.07) is 20.4. The van der Waals surface area contributed by atoms with Gasteiger partial charge in [-0.25, -0.2) is 4.39 Å². The van der Waals surface area contributed by atoms with Crippen molar-refractivity contribution < 1.29 is 18.4 Å². The maximum Gasteiger partial charge on any atom is 0.265 e. The lowest BCUT2D eigenvalue weighted by atomic mass is 10.1. The number of rotatable bonds is 6. The highest BCUT2D eigenvalue weighted by atomic mass is 19.1. The van der Waals surface area contributed by atoms with Crippen LogP contribution >= 0.6 is 0 Å². The van der Waals surface area contributed by atoms with Gasteiger partial charge in [0.15, 0.2) is 6.10 Å². The highest BCUT2D eigenvalue weighted by Crippen LogP contribution is 2.24. The summed E-state index contributed by atoms with van der Waals surface area (Å²) in [4.78, 5) is 16.8. The standard InChI is InChI=1S/C24H20FN3O3/c1-15-3-5-17(6-4-15)22-27-24(31-28-22)18-7-11-20(12-8-18)26-23(29)16(2)30-21-13-9-19(25)10-14-21/h3-14,16H,1-2H3,(H,26,29). The quantitative estimate of drug-likeness (QED) is 0.463. The Balaban J connectivity index is 1.39. The van der Waals surface area contributed by atoms with E-state index in [1.54, 1.807) is 31.2 Å². The largest absolute Gasteiger partial charge is 0.481 e. The number of aromatic nitrogens is 2. The highest BCUT2D eigenvalue weighted by Gasteiger charge is 2.16. The number of carbonyl (C=O) groups is 1. The molecule has 3 aromatic carbocycles. The van der Waals surface area contributed by atoms with Crippen molar-refractivity contribution in [2.45, 2.75) is 20.0 Å². The maximum absolute atomic E-state index is 13.0. The number of nitrogens with zero attached hydrogens (tertiary/aromatic N) is 2. The Morgan fingerprint density at radius 1 is 0.968 bits per heavy atom. The van der Waals surface area contributed by atoms with Crippen LogP contribution in [0.15, 0.2) is 77.3 Å². The van der Waals surface area contributed by atoms with Gasteiger partial charge in [-0.1, -0.05) is 35.0 Å². The second kappa shape index (κ2) is 8.79. The smallest absolute Gasteiger partial charge is 0.265 e. The molecule has 6 nitrogen and oxygen atoms in total. The molecule has 4 rings (SSSR count). The summed E-state index contributed by atoms with van der Waals surface area (Å²) in [6.07, 6.45) is -0.752. The molecule has 0 radical (unpaired) electrons. The van der Waals surface area contributed by atoms with Crippen LogP contribution in [0.25, 0.3) is 22.8 Å². The van der Waals surface area contributed by atoms with Crippen LogP contribution in [0, 0.1) is 12.7 Å². The van der Waals surface area contributed by atoms with Gasteiger partial charge < -0.3 is 14.6 Å². The molecule has 0 saturated heterocycles. The first kappa shape index (κ1) is 20.3. The number of aryl methyl sites for hydroxylation is 1. The van der Waals surface area contributed by atoms with Crippen molar-refractivity contribution in [1.82, 2.24) is 10.1 Å². The summed E-state index contributed by atoms with van der Waals surface area (Å²) < 4.78 is 23.9. The average molecular weight is 417 g/mol. The first-order valence-corrected chi connectivity index (χ1v) is 9.72. The third-order valence-electron chi connectivity index (χ3n) is 4.63. The van der Waals surface area contributed by atoms with Crippen LogP contribution < -0.4 is 10.1 Å². The molecule has 1 unspecified atom stereocenters. The molecule has 1 aromatic heterocycles. The lowest BCUT2D eigenvalue weighted by Crippen LogP contribution is -2.30. The molecule has 0 aliphatic carbocycles. The average Bonchev–Trinajstić information content (AvgIpc) is 3.26. The Bertz CT molecular complexity index is 1170. The minimum absolute atomic E-state index is 0.323. The van der Waals surface area contributed by atoms with Gasteiger partial charge in [-0.2, -0.15) is 4.98 Å². The number of ether oxygens (including phenoxy) is 1. The summed E-state index contributed by atoms with van der Waals surface area (Å²) in [7, 11) is 0. The van der Waals surface area contributed by atoms with Crippen LogP contribution in [0.5, 0.6) is 5.75 Å². The van der Waals surface area contributed by atoms with Gasteiger partial charge in [0.2, 0.25) is 5.82 Å². The summed E-state index contributed by atoms with van der Waals surface area (Å²) in [6.45, 7) is 3.64. The van der Waals surface area contributed by atoms with E-state index in [1.165, 1.54) is 24.3 Å². The second-order valence-electron chi connectivity index (χ2n) is 7.07. The van der Waals surface area contributed by atoms with Crippen LogP contribution in [-0.4, -0.2) is 22.2 Å². The molecule has 0 aliphatic heterocycles. The number of hydrogen-bond donors (Lipinski definition) is 1. The minimum Gasteiger partial charge on any atom is -0.481 e. The molecule has 0 aliphatic rings. The Morgan fingerprint density at radius 3 is 2.29 bits per heavy atom. The summed E-state index contributed by atoms with van der Waals surface area (Å²) in [5.74, 6) is 0.633. The molecule has 156 valence electrons. The predicted molar refractivity (Wildman–Crippen MR) is 115 cm³/mol. The van der Waals surface area contributed by atoms with E-state index in [-0.39, 0.29) is 11.7 Å². The van der Waals surface area contributed by atoms with Gasteiger partial charge in [0, 0.05) is 16.8 Å². The van der Waals surface area contributed by atoms with E-state index >= 15 is 0 Å². The van der Waals surface area contributed by atoms with Gasteiger partial charge in [0.1, 0.15) is 11.6 Å². The van der Waals surface area contributed by atoms with E-state index in [0.29, 0.717) is 23.2 Å². The molecule has 0 saturated carbocycles. The fourth-order valence-corrected chi connectivity index (χ4v) is 2.87. The zero-order valence-corrected chi connectivity index (χ0v) is 17.0. The number of benzene rings is 3. The van der Waals surface area contributed by atoms with E-state index in [2.05, 4.69) is 15.5 Å². The Labute approximate surface area is 178 Å². The Kier molecular flexibility index (Phi) is 5.75. The SMILES string of the molecule is Cc1ccc(-c2noc(-c3ccc(NC(=O)C(C)Oc4ccc(F)cc4)cc3)n2)cc1. The molecule has 4 aromatic rings. The van der Waals surface area contributed by atoms with Gasteiger partial charge >= 0.3 is 0 Å². The second-order valence-corrected chi connectivity index (χ2v) is 7.07. The molecule has 0 fully saturated rings. The predicted octanol–water partition coefficient (Wildman–Crippen LogP) is 5.26. The van der Waals surface area contributed by atoms with E-state index in [1.807, 2.05) is 31.2 Å². The number of halogens is 1. The van der Waals surface area contributed by atoms with Gasteiger partial charge in [-0.05, 0) is 62.4 Å². The van der Waals surface area contributed by atoms with E-state index < -0.39 is 6.10 Å². The molecule has 31 heavy (non-hydrogen) atoms. The van der Waals surface area contributed by atoms with Crippen LogP contribution in [0.2, 0.25) is 0 Å². The fraction of sp³-hybridized carbons (Fsp3) is 0.125. The van der Waals surface area contributed by atoms with Crippen molar-refractivity contribution >= 4 is 11.6 Å². The van der Waals surface area contributed by atoms with Gasteiger partial charge in [0.25, 0.3) is 11.8 Å². The normalized spacial score (nSPS) is 11.7. The van der Waals surface area contributed by atoms with Crippen molar-refractivity contribution in [2.75, 3.05) is 5.32 Å². The third kappa shape index (κ3) is 4.95. The molecule has 1 N–H and O–H groups in total. The van der Waals surface area contributed by atoms with Crippen LogP contribution in [0.4, 0.5) is 10.1 Å². The van der Waals surface area contributed by atoms with Crippen molar-refractivity contribution in [3.63, 3.8) is 0 Å². The number of amides is 1. The molecular weight excluding hydrogens is 397 g/mol. The molecule has 1 heterocycles. The van der Waals surface area contributed by atoms with Gasteiger partial charge in [-0.15, -0.1) is 0 Å². The van der Waals surface area contributed by atoms with Crippen LogP contribution in [0.3, 0.4) is 0 Å². The molecule has 0 spiro atoms. The first-order chi connectivity index (χ1) is 15.0. The minimum atomic E-state index is -0.752. The summed E-state index contributed by atoms with van der Waals surface area (Å²) >= 11 is 0. The van der Waals surface area contributed by atoms with Crippen molar-refractivity contribution in [2.24, 2.45) is 0 Å². The summed E-state index contributed by atoms with van der Waals surface area (Å²) in [5, 5.41) is 6.82. The van der Waals surface area contributed by atoms with Crippen LogP contribution in [-0.2, 0) is 4.79 Å². The molecule has 0 bridgehead atoms. The lowest BCUT2D eigenvalue weighted by Gasteiger charge is -2.14. The zero-order chi connectivity index (χ0) is 21.8. The first-order valence-electron chi connectivity index (χ1n) is 9.72. The Morgan fingerprint density at radius 2 is 1.61 bits per heavy atom. The Hall–Kier alpha value is -4.00. The molecule has 1 amide bonds. The number of anilines is 1. The number of carbonyl (C=O) groups excluding carboxylic acids is 1. The van der Waals surface area contributed by atoms with Crippen molar-refractivity contribution in [3.8, 4) is 28.6 Å². The lowest BCUT2D eigenvalue weighted by molar-refractivity contribution is -0.122.